The lowest BCUT2D eigenvalue weighted by Crippen LogP contribution is -2.11. The molecule has 142 valence electrons. The number of halogens is 1. The Balaban J connectivity index is 1.88. The van der Waals surface area contributed by atoms with E-state index < -0.39 is 15.7 Å². The van der Waals surface area contributed by atoms with Crippen molar-refractivity contribution in [3.8, 4) is 17.5 Å². The van der Waals surface area contributed by atoms with E-state index in [1.807, 2.05) is 13.0 Å². The van der Waals surface area contributed by atoms with Gasteiger partial charge in [0.2, 0.25) is 0 Å². The van der Waals surface area contributed by atoms with Gasteiger partial charge in [-0.3, -0.25) is 4.79 Å². The van der Waals surface area contributed by atoms with Gasteiger partial charge in [-0.15, -0.1) is 11.3 Å². The zero-order valence-electron chi connectivity index (χ0n) is 14.7. The number of nitrogens with one attached hydrogen (secondary N) is 1. The Bertz CT molecular complexity index is 1210. The number of thiophene rings is 1. The van der Waals surface area contributed by atoms with Crippen molar-refractivity contribution in [1.29, 1.82) is 5.26 Å². The quantitative estimate of drug-likeness (QED) is 0.672. The topological polar surface area (TPSA) is 113 Å². The maximum atomic E-state index is 12.6. The standard InChI is InChI=1S/C18H13ClN4O3S2/c1-10-15(17-21-8-11(7-20)9-22-17)6-16(27-10)18(24)23-13-3-12(19)4-14(5-13)28(2,25)26/h3-6,8-9H,1-2H3,(H,23,24). The molecule has 0 atom stereocenters. The maximum Gasteiger partial charge on any atom is 0.265 e. The first-order valence-electron chi connectivity index (χ1n) is 7.82. The summed E-state index contributed by atoms with van der Waals surface area (Å²) in [6.45, 7) is 1.83. The molecule has 2 heterocycles. The highest BCUT2D eigenvalue weighted by Gasteiger charge is 2.17. The summed E-state index contributed by atoms with van der Waals surface area (Å²) in [5, 5.41) is 11.7. The zero-order chi connectivity index (χ0) is 20.5. The van der Waals surface area contributed by atoms with Crippen molar-refractivity contribution in [2.24, 2.45) is 0 Å². The first kappa shape index (κ1) is 19.9. The Kier molecular flexibility index (Phi) is 5.47. The summed E-state index contributed by atoms with van der Waals surface area (Å²) in [6, 6.07) is 7.75. The molecular formula is C18H13ClN4O3S2. The van der Waals surface area contributed by atoms with Gasteiger partial charge in [0, 0.05) is 39.8 Å². The lowest BCUT2D eigenvalue weighted by Gasteiger charge is -2.07. The van der Waals surface area contributed by atoms with Crippen LogP contribution in [0, 0.1) is 18.3 Å². The first-order valence-corrected chi connectivity index (χ1v) is 10.9. The predicted molar refractivity (Wildman–Crippen MR) is 107 cm³/mol. The van der Waals surface area contributed by atoms with Gasteiger partial charge in [0.05, 0.1) is 15.3 Å². The molecule has 3 rings (SSSR count). The van der Waals surface area contributed by atoms with E-state index in [-0.39, 0.29) is 15.6 Å². The molecule has 0 aliphatic heterocycles. The van der Waals surface area contributed by atoms with Gasteiger partial charge < -0.3 is 5.32 Å². The SMILES string of the molecule is Cc1sc(C(=O)Nc2cc(Cl)cc(S(C)(=O)=O)c2)cc1-c1ncc(C#N)cn1. The Morgan fingerprint density at radius 3 is 2.50 bits per heavy atom. The van der Waals surface area contributed by atoms with Crippen LogP contribution in [0.2, 0.25) is 5.02 Å². The van der Waals surface area contributed by atoms with Crippen LogP contribution < -0.4 is 5.32 Å². The summed E-state index contributed by atoms with van der Waals surface area (Å²) < 4.78 is 23.5. The number of nitriles is 1. The molecule has 0 saturated carbocycles. The van der Waals surface area contributed by atoms with Crippen LogP contribution in [-0.2, 0) is 9.84 Å². The van der Waals surface area contributed by atoms with Crippen LogP contribution in [-0.4, -0.2) is 30.5 Å². The third-order valence-electron chi connectivity index (χ3n) is 3.72. The van der Waals surface area contributed by atoms with Crippen molar-refractivity contribution >= 4 is 44.4 Å². The molecule has 0 radical (unpaired) electrons. The summed E-state index contributed by atoms with van der Waals surface area (Å²) in [4.78, 5) is 22.1. The first-order chi connectivity index (χ1) is 13.2. The smallest absolute Gasteiger partial charge is 0.265 e. The Hall–Kier alpha value is -2.80. The second-order valence-corrected chi connectivity index (χ2v) is 9.60. The van der Waals surface area contributed by atoms with Crippen LogP contribution in [0.3, 0.4) is 0 Å². The van der Waals surface area contributed by atoms with E-state index in [9.17, 15) is 13.2 Å². The minimum Gasteiger partial charge on any atom is -0.321 e. The Morgan fingerprint density at radius 2 is 1.89 bits per heavy atom. The fourth-order valence-electron chi connectivity index (χ4n) is 2.38. The van der Waals surface area contributed by atoms with Gasteiger partial charge in [0.1, 0.15) is 6.07 Å². The van der Waals surface area contributed by atoms with Gasteiger partial charge in [-0.1, -0.05) is 11.6 Å². The fourth-order valence-corrected chi connectivity index (χ4v) is 4.27. The van der Waals surface area contributed by atoms with Crippen molar-refractivity contribution in [1.82, 2.24) is 9.97 Å². The number of benzene rings is 1. The van der Waals surface area contributed by atoms with E-state index in [1.54, 1.807) is 6.07 Å². The number of hydrogen-bond donors (Lipinski definition) is 1. The summed E-state index contributed by atoms with van der Waals surface area (Å²) in [6.07, 6.45) is 3.90. The van der Waals surface area contributed by atoms with Crippen molar-refractivity contribution in [2.45, 2.75) is 11.8 Å². The van der Waals surface area contributed by atoms with Crippen LogP contribution in [0.5, 0.6) is 0 Å². The van der Waals surface area contributed by atoms with E-state index in [0.717, 1.165) is 11.1 Å². The number of amides is 1. The summed E-state index contributed by atoms with van der Waals surface area (Å²) >= 11 is 7.22. The van der Waals surface area contributed by atoms with Crippen LogP contribution in [0.1, 0.15) is 20.1 Å². The van der Waals surface area contributed by atoms with E-state index in [0.29, 0.717) is 21.8 Å². The maximum absolute atomic E-state index is 12.6. The third kappa shape index (κ3) is 4.36. The highest BCUT2D eigenvalue weighted by atomic mass is 35.5. The van der Waals surface area contributed by atoms with E-state index >= 15 is 0 Å². The number of nitrogens with zero attached hydrogens (tertiary/aromatic N) is 3. The van der Waals surface area contributed by atoms with E-state index in [1.165, 1.54) is 41.9 Å². The summed E-state index contributed by atoms with van der Waals surface area (Å²) in [7, 11) is -3.47. The number of carbonyl (C=O) groups is 1. The third-order valence-corrected chi connectivity index (χ3v) is 6.08. The molecule has 0 spiro atoms. The van der Waals surface area contributed by atoms with Crippen LogP contribution in [0.4, 0.5) is 5.69 Å². The van der Waals surface area contributed by atoms with Crippen molar-refractivity contribution in [3.63, 3.8) is 0 Å². The molecule has 0 saturated heterocycles. The monoisotopic (exact) mass is 432 g/mol. The molecule has 28 heavy (non-hydrogen) atoms. The highest BCUT2D eigenvalue weighted by molar-refractivity contribution is 7.90. The molecule has 2 aromatic heterocycles. The van der Waals surface area contributed by atoms with Gasteiger partial charge in [-0.2, -0.15) is 5.26 Å². The summed E-state index contributed by atoms with van der Waals surface area (Å²) in [5.74, 6) is 0.00336. The minimum atomic E-state index is -3.47. The normalized spacial score (nSPS) is 11.1. The van der Waals surface area contributed by atoms with E-state index in [4.69, 9.17) is 16.9 Å². The van der Waals surface area contributed by atoms with Gasteiger partial charge in [0.15, 0.2) is 15.7 Å². The molecule has 1 aromatic carbocycles. The molecule has 7 nitrogen and oxygen atoms in total. The Labute approximate surface area is 170 Å². The molecule has 0 aliphatic rings. The van der Waals surface area contributed by atoms with Crippen molar-refractivity contribution < 1.29 is 13.2 Å². The number of sulfone groups is 1. The average molecular weight is 433 g/mol. The second kappa shape index (κ2) is 7.67. The molecule has 10 heteroatoms. The largest absolute Gasteiger partial charge is 0.321 e. The van der Waals surface area contributed by atoms with Crippen LogP contribution in [0.25, 0.3) is 11.4 Å². The highest BCUT2D eigenvalue weighted by Crippen LogP contribution is 2.30. The zero-order valence-corrected chi connectivity index (χ0v) is 17.1. The lowest BCUT2D eigenvalue weighted by molar-refractivity contribution is 0.103. The minimum absolute atomic E-state index is 0.0179. The molecule has 1 N–H and O–H groups in total. The van der Waals surface area contributed by atoms with Gasteiger partial charge in [-0.25, -0.2) is 18.4 Å². The number of anilines is 1. The molecule has 0 fully saturated rings. The van der Waals surface area contributed by atoms with Gasteiger partial charge >= 0.3 is 0 Å². The second-order valence-electron chi connectivity index (χ2n) is 5.89. The van der Waals surface area contributed by atoms with Gasteiger partial charge in [-0.05, 0) is 31.2 Å². The molecule has 1 amide bonds. The molecule has 0 bridgehead atoms. The summed E-state index contributed by atoms with van der Waals surface area (Å²) in [5.41, 5.74) is 1.31. The Morgan fingerprint density at radius 1 is 1.21 bits per heavy atom. The molecule has 0 unspecified atom stereocenters. The van der Waals surface area contributed by atoms with Crippen LogP contribution >= 0.6 is 22.9 Å². The molecule has 0 aliphatic carbocycles. The average Bonchev–Trinajstić information content (AvgIpc) is 3.02. The fraction of sp³-hybridized carbons (Fsp3) is 0.111. The number of hydrogen-bond acceptors (Lipinski definition) is 7. The number of carbonyl (C=O) groups excluding carboxylic acids is 1. The number of aryl methyl sites for hydroxylation is 1. The molecule has 3 aromatic rings. The predicted octanol–water partition coefficient (Wildman–Crippen LogP) is 3.69. The lowest BCUT2D eigenvalue weighted by atomic mass is 10.2. The number of rotatable bonds is 4. The van der Waals surface area contributed by atoms with Gasteiger partial charge in [0.25, 0.3) is 5.91 Å². The number of aromatic nitrogens is 2. The van der Waals surface area contributed by atoms with Crippen molar-refractivity contribution in [2.75, 3.05) is 11.6 Å². The van der Waals surface area contributed by atoms with Crippen molar-refractivity contribution in [3.05, 3.63) is 57.0 Å². The van der Waals surface area contributed by atoms with Crippen LogP contribution in [0.15, 0.2) is 41.6 Å². The van der Waals surface area contributed by atoms with E-state index in [2.05, 4.69) is 15.3 Å². The molecular weight excluding hydrogens is 420 g/mol.